The summed E-state index contributed by atoms with van der Waals surface area (Å²) in [6.45, 7) is 0. The molecule has 1 aromatic heterocycles. The number of hydrogen-bond donors (Lipinski definition) is 0. The molecular formula is C10H7FN2. The highest BCUT2D eigenvalue weighted by Gasteiger charge is 1.97. The fourth-order valence-corrected chi connectivity index (χ4v) is 1.08. The zero-order valence-corrected chi connectivity index (χ0v) is 6.81. The van der Waals surface area contributed by atoms with E-state index in [0.717, 1.165) is 11.3 Å². The Labute approximate surface area is 75.1 Å². The van der Waals surface area contributed by atoms with E-state index in [1.165, 1.54) is 12.1 Å². The highest BCUT2D eigenvalue weighted by molar-refractivity contribution is 5.57. The van der Waals surface area contributed by atoms with Gasteiger partial charge in [0.15, 0.2) is 0 Å². The molecule has 0 bridgehead atoms. The maximum absolute atomic E-state index is 12.6. The van der Waals surface area contributed by atoms with Crippen LogP contribution in [0.1, 0.15) is 0 Å². The van der Waals surface area contributed by atoms with Crippen LogP contribution in [0.3, 0.4) is 0 Å². The van der Waals surface area contributed by atoms with Crippen molar-refractivity contribution in [2.24, 2.45) is 0 Å². The second-order valence-electron chi connectivity index (χ2n) is 2.62. The smallest absolute Gasteiger partial charge is 0.123 e. The largest absolute Gasteiger partial charge is 0.207 e. The second-order valence-corrected chi connectivity index (χ2v) is 2.62. The first-order chi connectivity index (χ1) is 6.36. The van der Waals surface area contributed by atoms with Crippen molar-refractivity contribution in [1.82, 2.24) is 10.2 Å². The monoisotopic (exact) mass is 174 g/mol. The Hall–Kier alpha value is -1.77. The van der Waals surface area contributed by atoms with Crippen LogP contribution in [0.5, 0.6) is 0 Å². The summed E-state index contributed by atoms with van der Waals surface area (Å²) < 4.78 is 12.6. The summed E-state index contributed by atoms with van der Waals surface area (Å²) in [7, 11) is 0. The van der Waals surface area contributed by atoms with Gasteiger partial charge >= 0.3 is 0 Å². The first-order valence-corrected chi connectivity index (χ1v) is 3.90. The van der Waals surface area contributed by atoms with E-state index in [4.69, 9.17) is 0 Å². The number of hydrogen-bond acceptors (Lipinski definition) is 2. The summed E-state index contributed by atoms with van der Waals surface area (Å²) in [5.41, 5.74) is 1.62. The molecule has 0 amide bonds. The Kier molecular flexibility index (Phi) is 2.00. The van der Waals surface area contributed by atoms with Crippen LogP contribution in [-0.4, -0.2) is 10.2 Å². The molecule has 1 aromatic carbocycles. The normalized spacial score (nSPS) is 9.92. The molecule has 1 heterocycles. The Bertz CT molecular complexity index is 383. The van der Waals surface area contributed by atoms with Gasteiger partial charge in [0.05, 0.1) is 5.69 Å². The van der Waals surface area contributed by atoms with E-state index in [0.29, 0.717) is 0 Å². The van der Waals surface area contributed by atoms with Crippen LogP contribution < -0.4 is 0 Å². The lowest BCUT2D eigenvalue weighted by Gasteiger charge is -1.97. The van der Waals surface area contributed by atoms with Crippen LogP contribution in [-0.2, 0) is 0 Å². The molecule has 0 aliphatic carbocycles. The third-order valence-electron chi connectivity index (χ3n) is 1.71. The quantitative estimate of drug-likeness (QED) is 0.662. The molecule has 0 unspecified atom stereocenters. The first-order valence-electron chi connectivity index (χ1n) is 3.90. The van der Waals surface area contributed by atoms with E-state index in [-0.39, 0.29) is 5.82 Å². The van der Waals surface area contributed by atoms with Crippen LogP contribution in [0.2, 0.25) is 0 Å². The molecule has 0 saturated heterocycles. The van der Waals surface area contributed by atoms with Crippen LogP contribution in [0.4, 0.5) is 4.39 Å². The average Bonchev–Trinajstić information content (AvgIpc) is 2.20. The van der Waals surface area contributed by atoms with Gasteiger partial charge in [0.2, 0.25) is 0 Å². The van der Waals surface area contributed by atoms with Gasteiger partial charge in [0, 0.05) is 11.8 Å². The maximum atomic E-state index is 12.6. The lowest BCUT2D eigenvalue weighted by Crippen LogP contribution is -1.85. The van der Waals surface area contributed by atoms with Gasteiger partial charge in [0.25, 0.3) is 0 Å². The molecular weight excluding hydrogens is 167 g/mol. The third-order valence-corrected chi connectivity index (χ3v) is 1.71. The summed E-state index contributed by atoms with van der Waals surface area (Å²) in [4.78, 5) is 0. The van der Waals surface area contributed by atoms with E-state index < -0.39 is 0 Å². The summed E-state index contributed by atoms with van der Waals surface area (Å²) >= 11 is 0. The molecule has 2 rings (SSSR count). The average molecular weight is 174 g/mol. The van der Waals surface area contributed by atoms with Crippen molar-refractivity contribution in [1.29, 1.82) is 0 Å². The fraction of sp³-hybridized carbons (Fsp3) is 0. The number of halogens is 1. The van der Waals surface area contributed by atoms with Gasteiger partial charge in [-0.3, -0.25) is 0 Å². The lowest BCUT2D eigenvalue weighted by atomic mass is 10.1. The van der Waals surface area contributed by atoms with E-state index in [1.54, 1.807) is 24.4 Å². The van der Waals surface area contributed by atoms with Gasteiger partial charge in [0.1, 0.15) is 5.82 Å². The van der Waals surface area contributed by atoms with Gasteiger partial charge in [-0.1, -0.05) is 0 Å². The highest BCUT2D eigenvalue weighted by atomic mass is 19.1. The fourth-order valence-electron chi connectivity index (χ4n) is 1.08. The molecule has 2 nitrogen and oxygen atoms in total. The van der Waals surface area contributed by atoms with E-state index >= 15 is 0 Å². The van der Waals surface area contributed by atoms with Crippen LogP contribution in [0, 0.1) is 5.82 Å². The first kappa shape index (κ1) is 7.86. The summed E-state index contributed by atoms with van der Waals surface area (Å²) in [6, 6.07) is 9.80. The van der Waals surface area contributed by atoms with Crippen molar-refractivity contribution < 1.29 is 4.39 Å². The molecule has 3 heteroatoms. The van der Waals surface area contributed by atoms with Crippen molar-refractivity contribution >= 4 is 0 Å². The molecule has 0 radical (unpaired) electrons. The van der Waals surface area contributed by atoms with Gasteiger partial charge in [-0.2, -0.15) is 10.2 Å². The zero-order chi connectivity index (χ0) is 9.10. The number of benzene rings is 1. The van der Waals surface area contributed by atoms with Gasteiger partial charge in [-0.05, 0) is 36.4 Å². The van der Waals surface area contributed by atoms with Gasteiger partial charge in [-0.15, -0.1) is 0 Å². The van der Waals surface area contributed by atoms with Crippen LogP contribution in [0.15, 0.2) is 42.6 Å². The Morgan fingerprint density at radius 3 is 2.38 bits per heavy atom. The van der Waals surface area contributed by atoms with Crippen molar-refractivity contribution in [3.05, 3.63) is 48.4 Å². The topological polar surface area (TPSA) is 25.8 Å². The van der Waals surface area contributed by atoms with Crippen LogP contribution >= 0.6 is 0 Å². The molecule has 0 aliphatic rings. The minimum atomic E-state index is -0.243. The molecule has 64 valence electrons. The molecule has 0 atom stereocenters. The molecule has 2 aromatic rings. The predicted octanol–water partition coefficient (Wildman–Crippen LogP) is 2.28. The summed E-state index contributed by atoms with van der Waals surface area (Å²) in [5.74, 6) is -0.243. The zero-order valence-electron chi connectivity index (χ0n) is 6.81. The number of nitrogens with zero attached hydrogens (tertiary/aromatic N) is 2. The minimum absolute atomic E-state index is 0.243. The second kappa shape index (κ2) is 3.31. The predicted molar refractivity (Wildman–Crippen MR) is 47.4 cm³/mol. The van der Waals surface area contributed by atoms with E-state index in [1.807, 2.05) is 6.07 Å². The maximum Gasteiger partial charge on any atom is 0.123 e. The standard InChI is InChI=1S/C10H7FN2/c11-9-5-3-8(4-6-9)10-2-1-7-12-13-10/h1-7H. The van der Waals surface area contributed by atoms with Crippen molar-refractivity contribution in [2.45, 2.75) is 0 Å². The van der Waals surface area contributed by atoms with Crippen molar-refractivity contribution in [3.63, 3.8) is 0 Å². The van der Waals surface area contributed by atoms with Gasteiger partial charge in [-0.25, -0.2) is 4.39 Å². The van der Waals surface area contributed by atoms with E-state index in [9.17, 15) is 4.39 Å². The van der Waals surface area contributed by atoms with Crippen molar-refractivity contribution in [2.75, 3.05) is 0 Å². The highest BCUT2D eigenvalue weighted by Crippen LogP contribution is 2.15. The SMILES string of the molecule is Fc1ccc(-c2cccnn2)cc1. The third kappa shape index (κ3) is 1.69. The van der Waals surface area contributed by atoms with Crippen LogP contribution in [0.25, 0.3) is 11.3 Å². The molecule has 0 N–H and O–H groups in total. The molecule has 0 aliphatic heterocycles. The van der Waals surface area contributed by atoms with E-state index in [2.05, 4.69) is 10.2 Å². The van der Waals surface area contributed by atoms with Gasteiger partial charge < -0.3 is 0 Å². The molecule has 0 spiro atoms. The summed E-state index contributed by atoms with van der Waals surface area (Å²) in [5, 5.41) is 7.65. The molecule has 0 saturated carbocycles. The number of aromatic nitrogens is 2. The molecule has 13 heavy (non-hydrogen) atoms. The Morgan fingerprint density at radius 2 is 1.77 bits per heavy atom. The number of rotatable bonds is 1. The molecule has 0 fully saturated rings. The minimum Gasteiger partial charge on any atom is -0.207 e. The Balaban J connectivity index is 2.42. The Morgan fingerprint density at radius 1 is 1.00 bits per heavy atom. The lowest BCUT2D eigenvalue weighted by molar-refractivity contribution is 0.628. The van der Waals surface area contributed by atoms with Crippen molar-refractivity contribution in [3.8, 4) is 11.3 Å². The summed E-state index contributed by atoms with van der Waals surface area (Å²) in [6.07, 6.45) is 1.60.